The Kier molecular flexibility index (Phi) is 10.4. The summed E-state index contributed by atoms with van der Waals surface area (Å²) in [6, 6.07) is 6.39. The third kappa shape index (κ3) is 8.50. The van der Waals surface area contributed by atoms with E-state index >= 15 is 0 Å². The Morgan fingerprint density at radius 2 is 1.82 bits per heavy atom. The van der Waals surface area contributed by atoms with Crippen molar-refractivity contribution in [2.24, 2.45) is 0 Å². The molecule has 3 amide bonds. The van der Waals surface area contributed by atoms with Crippen molar-refractivity contribution in [3.8, 4) is 18.4 Å². The Labute approximate surface area is 196 Å². The largest absolute Gasteiger partial charge is 0.444 e. The van der Waals surface area contributed by atoms with Crippen LogP contribution in [0.25, 0.3) is 0 Å². The number of rotatable bonds is 9. The molecule has 0 aliphatic carbocycles. The third-order valence-electron chi connectivity index (χ3n) is 4.71. The van der Waals surface area contributed by atoms with Crippen LogP contribution >= 0.6 is 0 Å². The summed E-state index contributed by atoms with van der Waals surface area (Å²) in [4.78, 5) is 40.0. The smallest absolute Gasteiger partial charge is 0.408 e. The predicted octanol–water partition coefficient (Wildman–Crippen LogP) is 3.28. The third-order valence-corrected chi connectivity index (χ3v) is 4.71. The van der Waals surface area contributed by atoms with Gasteiger partial charge >= 0.3 is 6.09 Å². The Morgan fingerprint density at radius 3 is 2.36 bits per heavy atom. The van der Waals surface area contributed by atoms with Gasteiger partial charge in [0.2, 0.25) is 11.8 Å². The van der Waals surface area contributed by atoms with Crippen molar-refractivity contribution < 1.29 is 19.1 Å². The summed E-state index contributed by atoms with van der Waals surface area (Å²) in [5.41, 5.74) is 0.113. The van der Waals surface area contributed by atoms with Crippen LogP contribution in [0.3, 0.4) is 0 Å². The van der Waals surface area contributed by atoms with E-state index < -0.39 is 35.6 Å². The van der Waals surface area contributed by atoms with Gasteiger partial charge in [-0.1, -0.05) is 37.5 Å². The zero-order valence-electron chi connectivity index (χ0n) is 20.3. The molecule has 0 saturated carbocycles. The molecule has 0 spiro atoms. The lowest BCUT2D eigenvalue weighted by Gasteiger charge is -2.33. The van der Waals surface area contributed by atoms with Crippen molar-refractivity contribution in [3.63, 3.8) is 0 Å². The van der Waals surface area contributed by atoms with Crippen LogP contribution in [0.15, 0.2) is 24.3 Å². The molecule has 0 bridgehead atoms. The fourth-order valence-corrected chi connectivity index (χ4v) is 3.31. The second-order valence-corrected chi connectivity index (χ2v) is 8.82. The van der Waals surface area contributed by atoms with E-state index in [0.29, 0.717) is 11.1 Å². The molecule has 0 aliphatic rings. The second-order valence-electron chi connectivity index (χ2n) is 8.82. The number of carbonyl (C=O) groups is 3. The van der Waals surface area contributed by atoms with Crippen molar-refractivity contribution in [1.29, 1.82) is 5.26 Å². The molecule has 3 unspecified atom stereocenters. The Hall–Kier alpha value is -3.52. The van der Waals surface area contributed by atoms with Crippen LogP contribution in [0.2, 0.25) is 0 Å². The Balaban J connectivity index is 3.36. The molecule has 0 saturated heterocycles. The fourth-order valence-electron chi connectivity index (χ4n) is 3.31. The number of nitrogens with one attached hydrogen (secondary N) is 2. The molecule has 178 valence electrons. The maximum Gasteiger partial charge on any atom is 0.408 e. The summed E-state index contributed by atoms with van der Waals surface area (Å²) in [5.74, 6) is 1.48. The quantitative estimate of drug-likeness (QED) is 0.439. The zero-order valence-corrected chi connectivity index (χ0v) is 20.3. The van der Waals surface area contributed by atoms with E-state index in [9.17, 15) is 19.6 Å². The van der Waals surface area contributed by atoms with Gasteiger partial charge in [-0.25, -0.2) is 4.79 Å². The minimum atomic E-state index is -1.15. The number of nitriles is 1. The van der Waals surface area contributed by atoms with Gasteiger partial charge in [0.05, 0.1) is 6.07 Å². The van der Waals surface area contributed by atoms with Crippen LogP contribution in [0.4, 0.5) is 4.79 Å². The van der Waals surface area contributed by atoms with Gasteiger partial charge in [-0.2, -0.15) is 5.26 Å². The van der Waals surface area contributed by atoms with Gasteiger partial charge in [0.1, 0.15) is 24.2 Å². The fraction of sp³-hybridized carbons (Fsp3) is 0.520. The molecule has 2 N–H and O–H groups in total. The highest BCUT2D eigenvalue weighted by atomic mass is 16.6. The summed E-state index contributed by atoms with van der Waals surface area (Å²) in [7, 11) is 0. The van der Waals surface area contributed by atoms with Crippen LogP contribution in [0.1, 0.15) is 71.6 Å². The van der Waals surface area contributed by atoms with E-state index in [0.717, 1.165) is 17.7 Å². The van der Waals surface area contributed by atoms with E-state index in [2.05, 4.69) is 16.6 Å². The van der Waals surface area contributed by atoms with Crippen LogP contribution in [0.5, 0.6) is 0 Å². The number of alkyl carbamates (subject to hydrolysis) is 1. The summed E-state index contributed by atoms with van der Waals surface area (Å²) >= 11 is 0. The van der Waals surface area contributed by atoms with E-state index in [1.807, 2.05) is 19.9 Å². The molecule has 8 heteroatoms. The van der Waals surface area contributed by atoms with E-state index in [-0.39, 0.29) is 12.6 Å². The van der Waals surface area contributed by atoms with E-state index in [1.54, 1.807) is 45.0 Å². The SMILES string of the molecule is C#Cc1ccccc1C(C(=O)NC(C)CCC)N(CC#N)C(=O)C(C)NC(=O)OC(C)(C)C. The van der Waals surface area contributed by atoms with Crippen molar-refractivity contribution >= 4 is 17.9 Å². The van der Waals surface area contributed by atoms with Crippen LogP contribution < -0.4 is 10.6 Å². The molecule has 33 heavy (non-hydrogen) atoms. The number of nitrogens with zero attached hydrogens (tertiary/aromatic N) is 2. The summed E-state index contributed by atoms with van der Waals surface area (Å²) in [5, 5.41) is 14.8. The molecular weight excluding hydrogens is 420 g/mol. The lowest BCUT2D eigenvalue weighted by molar-refractivity contribution is -0.141. The average Bonchev–Trinajstić information content (AvgIpc) is 2.71. The van der Waals surface area contributed by atoms with Crippen LogP contribution in [0, 0.1) is 23.7 Å². The maximum absolute atomic E-state index is 13.4. The lowest BCUT2D eigenvalue weighted by atomic mass is 9.97. The van der Waals surface area contributed by atoms with Crippen molar-refractivity contribution in [2.75, 3.05) is 6.54 Å². The number of benzene rings is 1. The number of amides is 3. The standard InChI is InChI=1S/C25H34N4O4/c1-8-12-17(3)27-22(30)21(20-14-11-10-13-19(20)9-2)29(16-15-26)23(31)18(4)28-24(32)33-25(5,6)7/h2,10-11,13-14,17-18,21H,8,12,16H2,1,3-7H3,(H,27,30)(H,28,32). The number of hydrogen-bond donors (Lipinski definition) is 2. The monoisotopic (exact) mass is 454 g/mol. The minimum Gasteiger partial charge on any atom is -0.444 e. The molecule has 1 rings (SSSR count). The van der Waals surface area contributed by atoms with Gasteiger partial charge in [0.25, 0.3) is 0 Å². The molecule has 0 heterocycles. The zero-order chi connectivity index (χ0) is 25.2. The first-order valence-electron chi connectivity index (χ1n) is 11.0. The lowest BCUT2D eigenvalue weighted by Crippen LogP contribution is -2.52. The molecule has 8 nitrogen and oxygen atoms in total. The molecule has 0 radical (unpaired) electrons. The maximum atomic E-state index is 13.4. The first-order chi connectivity index (χ1) is 15.4. The van der Waals surface area contributed by atoms with Crippen molar-refractivity contribution in [3.05, 3.63) is 35.4 Å². The average molecular weight is 455 g/mol. The van der Waals surface area contributed by atoms with Crippen molar-refractivity contribution in [2.45, 2.75) is 78.1 Å². The van der Waals surface area contributed by atoms with E-state index in [1.165, 1.54) is 6.92 Å². The summed E-state index contributed by atoms with van der Waals surface area (Å²) in [6.45, 7) is 10.1. The van der Waals surface area contributed by atoms with Gasteiger partial charge in [-0.05, 0) is 52.7 Å². The number of ether oxygens (including phenoxy) is 1. The van der Waals surface area contributed by atoms with E-state index in [4.69, 9.17) is 11.2 Å². The molecule has 0 aromatic heterocycles. The van der Waals surface area contributed by atoms with Gasteiger partial charge in [-0.3, -0.25) is 9.59 Å². The normalized spacial score (nSPS) is 13.5. The van der Waals surface area contributed by atoms with Crippen LogP contribution in [-0.2, 0) is 14.3 Å². The number of hydrogen-bond acceptors (Lipinski definition) is 5. The van der Waals surface area contributed by atoms with Gasteiger partial charge < -0.3 is 20.3 Å². The highest BCUT2D eigenvalue weighted by Crippen LogP contribution is 2.25. The van der Waals surface area contributed by atoms with Gasteiger partial charge in [0, 0.05) is 11.6 Å². The number of carbonyl (C=O) groups excluding carboxylic acids is 3. The first-order valence-corrected chi connectivity index (χ1v) is 11.0. The van der Waals surface area contributed by atoms with Gasteiger partial charge in [0.15, 0.2) is 0 Å². The summed E-state index contributed by atoms with van der Waals surface area (Å²) in [6.07, 6.45) is 6.49. The molecule has 3 atom stereocenters. The highest BCUT2D eigenvalue weighted by molar-refractivity contribution is 5.92. The minimum absolute atomic E-state index is 0.139. The Bertz CT molecular complexity index is 924. The van der Waals surface area contributed by atoms with Gasteiger partial charge in [-0.15, -0.1) is 6.42 Å². The second kappa shape index (κ2) is 12.5. The van der Waals surface area contributed by atoms with Crippen molar-refractivity contribution in [1.82, 2.24) is 15.5 Å². The topological polar surface area (TPSA) is 112 Å². The predicted molar refractivity (Wildman–Crippen MR) is 126 cm³/mol. The molecule has 0 aliphatic heterocycles. The highest BCUT2D eigenvalue weighted by Gasteiger charge is 2.36. The Morgan fingerprint density at radius 1 is 1.18 bits per heavy atom. The molecule has 1 aromatic rings. The number of terminal acetylenes is 1. The molecule has 0 fully saturated rings. The molecular formula is C25H34N4O4. The summed E-state index contributed by atoms with van der Waals surface area (Å²) < 4.78 is 5.22. The van der Waals surface area contributed by atoms with Crippen LogP contribution in [-0.4, -0.2) is 47.0 Å². The first kappa shape index (κ1) is 27.5. The molecule has 1 aromatic carbocycles.